The lowest BCUT2D eigenvalue weighted by Gasteiger charge is -2.31. The summed E-state index contributed by atoms with van der Waals surface area (Å²) in [6, 6.07) is 0. The second-order valence-electron chi connectivity index (χ2n) is 5.95. The van der Waals surface area contributed by atoms with Crippen LogP contribution in [0.15, 0.2) is 11.6 Å². The molecule has 2 amide bonds. The highest BCUT2D eigenvalue weighted by molar-refractivity contribution is 5.80. The molecule has 1 aliphatic carbocycles. The Morgan fingerprint density at radius 1 is 1.35 bits per heavy atom. The van der Waals surface area contributed by atoms with Gasteiger partial charge in [0.1, 0.15) is 0 Å². The average Bonchev–Trinajstić information content (AvgIpc) is 2.48. The molecule has 0 aromatic heterocycles. The van der Waals surface area contributed by atoms with E-state index in [9.17, 15) is 9.59 Å². The van der Waals surface area contributed by atoms with Gasteiger partial charge in [0.15, 0.2) is 0 Å². The number of likely N-dealkylation sites (tertiary alicyclic amines) is 1. The predicted octanol–water partition coefficient (Wildman–Crippen LogP) is 2.25. The van der Waals surface area contributed by atoms with Crippen molar-refractivity contribution in [2.75, 3.05) is 19.6 Å². The summed E-state index contributed by atoms with van der Waals surface area (Å²) in [7, 11) is 0. The molecule has 2 rings (SSSR count). The first-order valence-electron chi connectivity index (χ1n) is 7.88. The Balaban J connectivity index is 1.71. The fourth-order valence-electron chi connectivity index (χ4n) is 3.10. The minimum absolute atomic E-state index is 0.0204. The largest absolute Gasteiger partial charge is 0.355 e. The summed E-state index contributed by atoms with van der Waals surface area (Å²) in [5, 5.41) is 3.04. The van der Waals surface area contributed by atoms with Crippen LogP contribution in [0.2, 0.25) is 0 Å². The molecule has 1 aliphatic heterocycles. The zero-order valence-electron chi connectivity index (χ0n) is 12.5. The Bertz CT molecular complexity index is 390. The minimum atomic E-state index is -0.0204. The molecule has 20 heavy (non-hydrogen) atoms. The zero-order valence-corrected chi connectivity index (χ0v) is 12.5. The Labute approximate surface area is 121 Å². The van der Waals surface area contributed by atoms with Crippen molar-refractivity contribution in [3.05, 3.63) is 11.6 Å². The van der Waals surface area contributed by atoms with Crippen LogP contribution in [-0.4, -0.2) is 36.3 Å². The highest BCUT2D eigenvalue weighted by Crippen LogP contribution is 2.20. The van der Waals surface area contributed by atoms with Crippen LogP contribution in [0.5, 0.6) is 0 Å². The molecule has 0 radical (unpaired) electrons. The third-order valence-electron chi connectivity index (χ3n) is 4.37. The normalized spacial score (nSPS) is 23.1. The SMILES string of the molecule is CC(=O)N1CCCC(C(=O)NCCC2=CCCCC2)C1. The van der Waals surface area contributed by atoms with E-state index in [1.807, 2.05) is 0 Å². The Hall–Kier alpha value is -1.32. The summed E-state index contributed by atoms with van der Waals surface area (Å²) in [5.74, 6) is 0.176. The van der Waals surface area contributed by atoms with Crippen molar-refractivity contribution >= 4 is 11.8 Å². The lowest BCUT2D eigenvalue weighted by Crippen LogP contribution is -2.44. The number of carbonyl (C=O) groups excluding carboxylic acids is 2. The van der Waals surface area contributed by atoms with E-state index in [0.717, 1.165) is 32.4 Å². The summed E-state index contributed by atoms with van der Waals surface area (Å²) in [6.45, 7) is 3.70. The van der Waals surface area contributed by atoms with Gasteiger partial charge in [0, 0.05) is 26.6 Å². The highest BCUT2D eigenvalue weighted by atomic mass is 16.2. The van der Waals surface area contributed by atoms with Crippen molar-refractivity contribution < 1.29 is 9.59 Å². The highest BCUT2D eigenvalue weighted by Gasteiger charge is 2.26. The van der Waals surface area contributed by atoms with Gasteiger partial charge in [-0.3, -0.25) is 9.59 Å². The minimum Gasteiger partial charge on any atom is -0.355 e. The van der Waals surface area contributed by atoms with Gasteiger partial charge in [-0.2, -0.15) is 0 Å². The van der Waals surface area contributed by atoms with E-state index >= 15 is 0 Å². The Kier molecular flexibility index (Phi) is 5.62. The number of nitrogens with zero attached hydrogens (tertiary/aromatic N) is 1. The van der Waals surface area contributed by atoms with Gasteiger partial charge in [0.05, 0.1) is 5.92 Å². The van der Waals surface area contributed by atoms with Gasteiger partial charge in [-0.15, -0.1) is 0 Å². The van der Waals surface area contributed by atoms with Crippen molar-refractivity contribution in [3.8, 4) is 0 Å². The van der Waals surface area contributed by atoms with Crippen LogP contribution in [0.25, 0.3) is 0 Å². The number of hydrogen-bond donors (Lipinski definition) is 1. The first kappa shape index (κ1) is 15.1. The maximum Gasteiger partial charge on any atom is 0.224 e. The molecule has 0 saturated carbocycles. The van der Waals surface area contributed by atoms with Crippen LogP contribution in [0.1, 0.15) is 51.9 Å². The molecule has 4 nitrogen and oxygen atoms in total. The van der Waals surface area contributed by atoms with Crippen molar-refractivity contribution in [1.82, 2.24) is 10.2 Å². The molecule has 0 aromatic rings. The molecule has 2 aliphatic rings. The van der Waals surface area contributed by atoms with E-state index in [1.165, 1.54) is 31.3 Å². The van der Waals surface area contributed by atoms with E-state index in [0.29, 0.717) is 6.54 Å². The molecular weight excluding hydrogens is 252 g/mol. The Morgan fingerprint density at radius 3 is 2.90 bits per heavy atom. The van der Waals surface area contributed by atoms with E-state index in [1.54, 1.807) is 11.8 Å². The molecule has 0 aromatic carbocycles. The molecule has 0 spiro atoms. The monoisotopic (exact) mass is 278 g/mol. The van der Waals surface area contributed by atoms with Gasteiger partial charge in [-0.25, -0.2) is 0 Å². The molecule has 0 bridgehead atoms. The molecule has 112 valence electrons. The first-order chi connectivity index (χ1) is 9.66. The molecule has 1 fully saturated rings. The van der Waals surface area contributed by atoms with Crippen molar-refractivity contribution in [2.45, 2.75) is 51.9 Å². The molecule has 1 atom stereocenters. The van der Waals surface area contributed by atoms with Crippen LogP contribution in [0.4, 0.5) is 0 Å². The van der Waals surface area contributed by atoms with Crippen molar-refractivity contribution in [3.63, 3.8) is 0 Å². The summed E-state index contributed by atoms with van der Waals surface area (Å²) >= 11 is 0. The van der Waals surface area contributed by atoms with Crippen molar-refractivity contribution in [1.29, 1.82) is 0 Å². The van der Waals surface area contributed by atoms with Gasteiger partial charge in [-0.1, -0.05) is 11.6 Å². The van der Waals surface area contributed by atoms with Gasteiger partial charge in [0.25, 0.3) is 0 Å². The van der Waals surface area contributed by atoms with Crippen LogP contribution in [0, 0.1) is 5.92 Å². The topological polar surface area (TPSA) is 49.4 Å². The van der Waals surface area contributed by atoms with Gasteiger partial charge >= 0.3 is 0 Å². The summed E-state index contributed by atoms with van der Waals surface area (Å²) in [4.78, 5) is 25.3. The van der Waals surface area contributed by atoms with E-state index in [4.69, 9.17) is 0 Å². The van der Waals surface area contributed by atoms with Crippen LogP contribution < -0.4 is 5.32 Å². The van der Waals surface area contributed by atoms with Gasteiger partial charge in [0.2, 0.25) is 11.8 Å². The number of allylic oxidation sites excluding steroid dienone is 1. The maximum atomic E-state index is 12.1. The fraction of sp³-hybridized carbons (Fsp3) is 0.750. The van der Waals surface area contributed by atoms with Gasteiger partial charge < -0.3 is 10.2 Å². The second kappa shape index (κ2) is 7.46. The van der Waals surface area contributed by atoms with Gasteiger partial charge in [-0.05, 0) is 44.9 Å². The average molecular weight is 278 g/mol. The van der Waals surface area contributed by atoms with E-state index in [-0.39, 0.29) is 17.7 Å². The fourth-order valence-corrected chi connectivity index (χ4v) is 3.10. The van der Waals surface area contributed by atoms with E-state index < -0.39 is 0 Å². The first-order valence-corrected chi connectivity index (χ1v) is 7.88. The number of rotatable bonds is 4. The lowest BCUT2D eigenvalue weighted by atomic mass is 9.96. The van der Waals surface area contributed by atoms with Crippen LogP contribution >= 0.6 is 0 Å². The number of amides is 2. The molecule has 1 saturated heterocycles. The zero-order chi connectivity index (χ0) is 14.4. The number of hydrogen-bond acceptors (Lipinski definition) is 2. The molecular formula is C16H26N2O2. The summed E-state index contributed by atoms with van der Waals surface area (Å²) in [5.41, 5.74) is 1.49. The van der Waals surface area contributed by atoms with Crippen LogP contribution in [0.3, 0.4) is 0 Å². The standard InChI is InChI=1S/C16H26N2O2/c1-13(19)18-11-5-8-15(12-18)16(20)17-10-9-14-6-3-2-4-7-14/h6,15H,2-5,7-12H2,1H3,(H,17,20). The maximum absolute atomic E-state index is 12.1. The molecule has 4 heteroatoms. The van der Waals surface area contributed by atoms with Crippen LogP contribution in [-0.2, 0) is 9.59 Å². The third-order valence-corrected chi connectivity index (χ3v) is 4.37. The number of nitrogens with one attached hydrogen (secondary N) is 1. The molecule has 1 N–H and O–H groups in total. The predicted molar refractivity (Wildman–Crippen MR) is 79.2 cm³/mol. The van der Waals surface area contributed by atoms with E-state index in [2.05, 4.69) is 11.4 Å². The number of piperidine rings is 1. The summed E-state index contributed by atoms with van der Waals surface area (Å²) < 4.78 is 0. The van der Waals surface area contributed by atoms with Crippen molar-refractivity contribution in [2.24, 2.45) is 5.92 Å². The molecule has 1 unspecified atom stereocenters. The summed E-state index contributed by atoms with van der Waals surface area (Å²) in [6.07, 6.45) is 10.1. The Morgan fingerprint density at radius 2 is 2.20 bits per heavy atom. The quantitative estimate of drug-likeness (QED) is 0.802. The second-order valence-corrected chi connectivity index (χ2v) is 5.95. The molecule has 1 heterocycles. The number of carbonyl (C=O) groups is 2. The lowest BCUT2D eigenvalue weighted by molar-refractivity contribution is -0.133. The third kappa shape index (κ3) is 4.36. The smallest absolute Gasteiger partial charge is 0.224 e.